The SMILES string of the molecule is Nc1ccc(Cc2nnn[n-]2)cc1. The molecule has 1 aromatic carbocycles. The number of benzene rings is 1. The van der Waals surface area contributed by atoms with Gasteiger partial charge >= 0.3 is 0 Å². The van der Waals surface area contributed by atoms with Crippen LogP contribution in [0.3, 0.4) is 0 Å². The van der Waals surface area contributed by atoms with Crippen LogP contribution < -0.4 is 10.8 Å². The summed E-state index contributed by atoms with van der Waals surface area (Å²) in [4.78, 5) is 0. The molecule has 1 aromatic heterocycles. The molecule has 2 aromatic rings. The summed E-state index contributed by atoms with van der Waals surface area (Å²) < 4.78 is 0. The van der Waals surface area contributed by atoms with Gasteiger partial charge in [0.2, 0.25) is 0 Å². The first kappa shape index (κ1) is 7.72. The normalized spacial score (nSPS) is 10.2. The third-order valence-corrected chi connectivity index (χ3v) is 1.70. The van der Waals surface area contributed by atoms with E-state index in [0.29, 0.717) is 12.2 Å². The summed E-state index contributed by atoms with van der Waals surface area (Å²) in [6.07, 6.45) is 0.646. The molecule has 13 heavy (non-hydrogen) atoms. The molecule has 1 heterocycles. The maximum atomic E-state index is 5.54. The van der Waals surface area contributed by atoms with Gasteiger partial charge in [0, 0.05) is 17.9 Å². The smallest absolute Gasteiger partial charge is 0.0314 e. The minimum Gasteiger partial charge on any atom is -0.399 e. The summed E-state index contributed by atoms with van der Waals surface area (Å²) in [6.45, 7) is 0. The second-order valence-corrected chi connectivity index (χ2v) is 2.71. The number of aromatic nitrogens is 4. The van der Waals surface area contributed by atoms with Gasteiger partial charge in [-0.15, -0.1) is 0 Å². The fourth-order valence-corrected chi connectivity index (χ4v) is 1.05. The molecule has 0 fully saturated rings. The highest BCUT2D eigenvalue weighted by Crippen LogP contribution is 2.07. The van der Waals surface area contributed by atoms with Crippen molar-refractivity contribution in [3.63, 3.8) is 0 Å². The van der Waals surface area contributed by atoms with Crippen LogP contribution in [-0.2, 0) is 6.42 Å². The molecule has 2 N–H and O–H groups in total. The first-order chi connectivity index (χ1) is 6.34. The zero-order valence-corrected chi connectivity index (χ0v) is 6.88. The Morgan fingerprint density at radius 3 is 2.62 bits per heavy atom. The van der Waals surface area contributed by atoms with E-state index < -0.39 is 0 Å². The fourth-order valence-electron chi connectivity index (χ4n) is 1.05. The van der Waals surface area contributed by atoms with Crippen LogP contribution in [0.15, 0.2) is 24.3 Å². The lowest BCUT2D eigenvalue weighted by Gasteiger charge is -2.00. The molecule has 0 saturated carbocycles. The molecule has 0 bridgehead atoms. The molecule has 0 aliphatic carbocycles. The van der Waals surface area contributed by atoms with Gasteiger partial charge in [0.15, 0.2) is 0 Å². The number of anilines is 1. The predicted octanol–water partition coefficient (Wildman–Crippen LogP) is 0.00180. The Hall–Kier alpha value is -1.91. The number of nitrogens with zero attached hydrogens (tertiary/aromatic N) is 4. The summed E-state index contributed by atoms with van der Waals surface area (Å²) >= 11 is 0. The van der Waals surface area contributed by atoms with Crippen LogP contribution in [-0.4, -0.2) is 15.5 Å². The van der Waals surface area contributed by atoms with Crippen molar-refractivity contribution in [3.8, 4) is 0 Å². The lowest BCUT2D eigenvalue weighted by molar-refractivity contribution is 0.871. The van der Waals surface area contributed by atoms with Gasteiger partial charge in [-0.3, -0.25) is 10.3 Å². The Kier molecular flexibility index (Phi) is 1.91. The summed E-state index contributed by atoms with van der Waals surface area (Å²) in [5.41, 5.74) is 7.40. The van der Waals surface area contributed by atoms with Gasteiger partial charge in [-0.1, -0.05) is 12.1 Å². The number of hydrogen-bond acceptors (Lipinski definition) is 4. The molecule has 0 radical (unpaired) electrons. The Bertz CT molecular complexity index is 364. The Labute approximate surface area is 75.0 Å². The highest BCUT2D eigenvalue weighted by atomic mass is 15.5. The van der Waals surface area contributed by atoms with E-state index in [-0.39, 0.29) is 0 Å². The van der Waals surface area contributed by atoms with Crippen LogP contribution in [0.25, 0.3) is 0 Å². The highest BCUT2D eigenvalue weighted by Gasteiger charge is 1.93. The zero-order chi connectivity index (χ0) is 9.10. The zero-order valence-electron chi connectivity index (χ0n) is 6.88. The molecule has 0 aliphatic rings. The molecule has 0 atom stereocenters. The van der Waals surface area contributed by atoms with Gasteiger partial charge in [0.1, 0.15) is 0 Å². The molecule has 2 rings (SSSR count). The predicted molar refractivity (Wildman–Crippen MR) is 46.8 cm³/mol. The average molecular weight is 174 g/mol. The van der Waals surface area contributed by atoms with Crippen LogP contribution in [0.5, 0.6) is 0 Å². The van der Waals surface area contributed by atoms with Crippen LogP contribution in [0.4, 0.5) is 5.69 Å². The van der Waals surface area contributed by atoms with Gasteiger partial charge in [0.05, 0.1) is 0 Å². The third kappa shape index (κ3) is 1.81. The molecule has 0 amide bonds. The lowest BCUT2D eigenvalue weighted by Crippen LogP contribution is -1.93. The topological polar surface area (TPSA) is 78.8 Å². The number of rotatable bonds is 2. The van der Waals surface area contributed by atoms with Crippen molar-refractivity contribution in [2.45, 2.75) is 6.42 Å². The van der Waals surface area contributed by atoms with Gasteiger partial charge in [0.25, 0.3) is 0 Å². The number of nitrogens with two attached hydrogens (primary N) is 1. The monoisotopic (exact) mass is 174 g/mol. The molecule has 0 unspecified atom stereocenters. The number of nitrogen functional groups attached to an aromatic ring is 1. The number of hydrogen-bond donors (Lipinski definition) is 1. The second kappa shape index (κ2) is 3.22. The van der Waals surface area contributed by atoms with Crippen LogP contribution >= 0.6 is 0 Å². The van der Waals surface area contributed by atoms with Crippen molar-refractivity contribution in [2.75, 3.05) is 5.73 Å². The van der Waals surface area contributed by atoms with Crippen molar-refractivity contribution in [3.05, 3.63) is 35.7 Å². The molecular formula is C8H8N5-. The second-order valence-electron chi connectivity index (χ2n) is 2.71. The minimum atomic E-state index is 0.629. The molecule has 0 spiro atoms. The Morgan fingerprint density at radius 1 is 1.23 bits per heavy atom. The molecule has 5 nitrogen and oxygen atoms in total. The van der Waals surface area contributed by atoms with E-state index in [1.807, 2.05) is 24.3 Å². The van der Waals surface area contributed by atoms with Crippen LogP contribution in [0, 0.1) is 0 Å². The number of tetrazole rings is 1. The Morgan fingerprint density at radius 2 is 2.00 bits per heavy atom. The third-order valence-electron chi connectivity index (χ3n) is 1.70. The van der Waals surface area contributed by atoms with Crippen molar-refractivity contribution in [1.82, 2.24) is 20.6 Å². The van der Waals surface area contributed by atoms with Crippen molar-refractivity contribution in [1.29, 1.82) is 0 Å². The van der Waals surface area contributed by atoms with Gasteiger partial charge in [-0.05, 0) is 17.7 Å². The van der Waals surface area contributed by atoms with Gasteiger partial charge in [-0.2, -0.15) is 5.21 Å². The van der Waals surface area contributed by atoms with Crippen LogP contribution in [0.2, 0.25) is 0 Å². The summed E-state index contributed by atoms with van der Waals surface area (Å²) in [7, 11) is 0. The van der Waals surface area contributed by atoms with Crippen molar-refractivity contribution in [2.24, 2.45) is 0 Å². The van der Waals surface area contributed by atoms with E-state index >= 15 is 0 Å². The van der Waals surface area contributed by atoms with Gasteiger partial charge in [-0.25, -0.2) is 0 Å². The molecule has 0 saturated heterocycles. The van der Waals surface area contributed by atoms with E-state index in [2.05, 4.69) is 20.6 Å². The highest BCUT2D eigenvalue weighted by molar-refractivity contribution is 5.39. The van der Waals surface area contributed by atoms with E-state index in [0.717, 1.165) is 11.3 Å². The molecular weight excluding hydrogens is 166 g/mol. The van der Waals surface area contributed by atoms with Gasteiger partial charge < -0.3 is 10.8 Å². The summed E-state index contributed by atoms with van der Waals surface area (Å²) in [6, 6.07) is 7.57. The molecule has 66 valence electrons. The minimum absolute atomic E-state index is 0.629. The molecule has 0 aliphatic heterocycles. The fraction of sp³-hybridized carbons (Fsp3) is 0.125. The molecule has 5 heteroatoms. The average Bonchev–Trinajstić information content (AvgIpc) is 2.62. The van der Waals surface area contributed by atoms with Crippen LogP contribution in [0.1, 0.15) is 11.4 Å². The van der Waals surface area contributed by atoms with E-state index in [1.165, 1.54) is 0 Å². The summed E-state index contributed by atoms with van der Waals surface area (Å²) in [5, 5.41) is 14.3. The van der Waals surface area contributed by atoms with Crippen molar-refractivity contribution >= 4 is 5.69 Å². The first-order valence-electron chi connectivity index (χ1n) is 3.86. The summed E-state index contributed by atoms with van der Waals surface area (Å²) in [5.74, 6) is 0.629. The standard InChI is InChI=1S/C8H8N5/c9-7-3-1-6(2-4-7)5-8-10-12-13-11-8/h1-4H,5,9H2/q-1. The van der Waals surface area contributed by atoms with Crippen molar-refractivity contribution < 1.29 is 0 Å². The van der Waals surface area contributed by atoms with E-state index in [4.69, 9.17) is 5.73 Å². The van der Waals surface area contributed by atoms with E-state index in [9.17, 15) is 0 Å². The quantitative estimate of drug-likeness (QED) is 0.648. The van der Waals surface area contributed by atoms with E-state index in [1.54, 1.807) is 0 Å². The first-order valence-corrected chi connectivity index (χ1v) is 3.86. The Balaban J connectivity index is 2.15. The maximum Gasteiger partial charge on any atom is 0.0314 e. The lowest BCUT2D eigenvalue weighted by atomic mass is 10.1. The maximum absolute atomic E-state index is 5.54. The largest absolute Gasteiger partial charge is 0.399 e.